The van der Waals surface area contributed by atoms with E-state index in [1.165, 1.54) is 6.92 Å². The number of hydrogen-bond acceptors (Lipinski definition) is 6. The number of esters is 1. The summed E-state index contributed by atoms with van der Waals surface area (Å²) in [6.45, 7) is 0.752. The Bertz CT molecular complexity index is 1030. The van der Waals surface area contributed by atoms with Crippen molar-refractivity contribution in [2.24, 2.45) is 0 Å². The SMILES string of the molecule is CC(=O)N[C@@H](Cc1c[nH]c2ccccc12)C(=O)OCC(=O)N[C@H]1CCS(=O)(=O)C1. The maximum atomic E-state index is 12.5. The molecule has 1 aliphatic heterocycles. The summed E-state index contributed by atoms with van der Waals surface area (Å²) in [5, 5.41) is 6.03. The Morgan fingerprint density at radius 1 is 1.28 bits per heavy atom. The lowest BCUT2D eigenvalue weighted by molar-refractivity contribution is -0.151. The second kappa shape index (κ2) is 8.64. The molecule has 0 radical (unpaired) electrons. The first-order valence-electron chi connectivity index (χ1n) is 9.22. The molecule has 2 aromatic rings. The second-order valence-corrected chi connectivity index (χ2v) is 9.32. The van der Waals surface area contributed by atoms with E-state index >= 15 is 0 Å². The van der Waals surface area contributed by atoms with E-state index in [9.17, 15) is 22.8 Å². The normalized spacial score (nSPS) is 18.9. The van der Waals surface area contributed by atoms with E-state index in [4.69, 9.17) is 4.74 Å². The molecule has 1 aromatic carbocycles. The van der Waals surface area contributed by atoms with Gasteiger partial charge in [-0.3, -0.25) is 9.59 Å². The molecule has 3 rings (SSSR count). The molecule has 9 nitrogen and oxygen atoms in total. The maximum Gasteiger partial charge on any atom is 0.329 e. The number of hydrogen-bond donors (Lipinski definition) is 3. The van der Waals surface area contributed by atoms with Gasteiger partial charge in [-0.1, -0.05) is 18.2 Å². The van der Waals surface area contributed by atoms with E-state index in [0.29, 0.717) is 6.42 Å². The van der Waals surface area contributed by atoms with Gasteiger partial charge >= 0.3 is 5.97 Å². The van der Waals surface area contributed by atoms with Gasteiger partial charge in [0.2, 0.25) is 5.91 Å². The van der Waals surface area contributed by atoms with Crippen LogP contribution in [0.15, 0.2) is 30.5 Å². The highest BCUT2D eigenvalue weighted by Crippen LogP contribution is 2.19. The van der Waals surface area contributed by atoms with Crippen molar-refractivity contribution in [2.75, 3.05) is 18.1 Å². The van der Waals surface area contributed by atoms with Crippen LogP contribution in [-0.4, -0.2) is 61.4 Å². The lowest BCUT2D eigenvalue weighted by atomic mass is 10.0. The molecule has 3 N–H and O–H groups in total. The molecule has 0 aliphatic carbocycles. The average molecular weight is 421 g/mol. The van der Waals surface area contributed by atoms with Gasteiger partial charge in [0.15, 0.2) is 16.4 Å². The Balaban J connectivity index is 1.59. The van der Waals surface area contributed by atoms with Crippen molar-refractivity contribution in [3.63, 3.8) is 0 Å². The molecule has 1 aliphatic rings. The fraction of sp³-hybridized carbons (Fsp3) is 0.421. The van der Waals surface area contributed by atoms with Crippen molar-refractivity contribution in [1.82, 2.24) is 15.6 Å². The number of nitrogens with one attached hydrogen (secondary N) is 3. The van der Waals surface area contributed by atoms with Gasteiger partial charge < -0.3 is 20.4 Å². The number of amides is 2. The topological polar surface area (TPSA) is 134 Å². The molecule has 0 bridgehead atoms. The monoisotopic (exact) mass is 421 g/mol. The number of aromatic nitrogens is 1. The molecular formula is C19H23N3O6S. The van der Waals surface area contributed by atoms with E-state index in [1.54, 1.807) is 6.20 Å². The van der Waals surface area contributed by atoms with Gasteiger partial charge in [-0.05, 0) is 18.1 Å². The van der Waals surface area contributed by atoms with E-state index in [0.717, 1.165) is 16.5 Å². The van der Waals surface area contributed by atoms with Crippen LogP contribution in [0.3, 0.4) is 0 Å². The minimum absolute atomic E-state index is 0.0347. The fourth-order valence-corrected chi connectivity index (χ4v) is 5.05. The Morgan fingerprint density at radius 3 is 2.72 bits per heavy atom. The van der Waals surface area contributed by atoms with E-state index in [-0.39, 0.29) is 17.9 Å². The van der Waals surface area contributed by atoms with E-state index in [2.05, 4.69) is 15.6 Å². The standard InChI is InChI=1S/C19H23N3O6S/c1-12(23)21-17(8-13-9-20-16-5-3-2-4-15(13)16)19(25)28-10-18(24)22-14-6-7-29(26,27)11-14/h2-5,9,14,17,20H,6-8,10-11H2,1H3,(H,21,23)(H,22,24)/t14-,17-/m0/s1. The Morgan fingerprint density at radius 2 is 2.03 bits per heavy atom. The van der Waals surface area contributed by atoms with Gasteiger partial charge in [-0.2, -0.15) is 0 Å². The van der Waals surface area contributed by atoms with Crippen molar-refractivity contribution in [2.45, 2.75) is 31.8 Å². The molecule has 2 amide bonds. The Kier molecular flexibility index (Phi) is 6.21. The lowest BCUT2D eigenvalue weighted by Crippen LogP contribution is -2.44. The highest BCUT2D eigenvalue weighted by molar-refractivity contribution is 7.91. The summed E-state index contributed by atoms with van der Waals surface area (Å²) in [6, 6.07) is 6.14. The van der Waals surface area contributed by atoms with Crippen molar-refractivity contribution in [3.05, 3.63) is 36.0 Å². The zero-order chi connectivity index (χ0) is 21.0. The minimum atomic E-state index is -3.12. The zero-order valence-corrected chi connectivity index (χ0v) is 16.8. The minimum Gasteiger partial charge on any atom is -0.454 e. The number of sulfone groups is 1. The molecule has 29 heavy (non-hydrogen) atoms. The third kappa shape index (κ3) is 5.57. The largest absolute Gasteiger partial charge is 0.454 e. The van der Waals surface area contributed by atoms with Crippen LogP contribution in [0.4, 0.5) is 0 Å². The van der Waals surface area contributed by atoms with Crippen LogP contribution in [0.1, 0.15) is 18.9 Å². The number of carbonyl (C=O) groups is 3. The fourth-order valence-electron chi connectivity index (χ4n) is 3.37. The number of H-pyrrole nitrogens is 1. The van der Waals surface area contributed by atoms with Crippen molar-refractivity contribution in [3.8, 4) is 0 Å². The highest BCUT2D eigenvalue weighted by Gasteiger charge is 2.29. The number of rotatable bonds is 7. The number of fused-ring (bicyclic) bond motifs is 1. The molecular weight excluding hydrogens is 398 g/mol. The number of para-hydroxylation sites is 1. The number of ether oxygens (including phenoxy) is 1. The predicted octanol–water partition coefficient (Wildman–Crippen LogP) is 0.0616. The van der Waals surface area contributed by atoms with Gasteiger partial charge in [-0.25, -0.2) is 13.2 Å². The Labute approximate surface area is 168 Å². The molecule has 0 saturated carbocycles. The van der Waals surface area contributed by atoms with Crippen LogP contribution in [0, 0.1) is 0 Å². The van der Waals surface area contributed by atoms with E-state index < -0.39 is 46.3 Å². The smallest absolute Gasteiger partial charge is 0.329 e. The van der Waals surface area contributed by atoms with Crippen molar-refractivity contribution < 1.29 is 27.5 Å². The third-order valence-corrected chi connectivity index (χ3v) is 6.47. The highest BCUT2D eigenvalue weighted by atomic mass is 32.2. The molecule has 0 spiro atoms. The van der Waals surface area contributed by atoms with Crippen LogP contribution in [-0.2, 0) is 35.4 Å². The lowest BCUT2D eigenvalue weighted by Gasteiger charge is -2.17. The van der Waals surface area contributed by atoms with E-state index in [1.807, 2.05) is 24.3 Å². The van der Waals surface area contributed by atoms with Crippen LogP contribution in [0.2, 0.25) is 0 Å². The molecule has 2 heterocycles. The molecule has 156 valence electrons. The summed E-state index contributed by atoms with van der Waals surface area (Å²) in [5.41, 5.74) is 1.74. The van der Waals surface area contributed by atoms with Gasteiger partial charge in [0.05, 0.1) is 11.5 Å². The van der Waals surface area contributed by atoms with Gasteiger partial charge in [0.1, 0.15) is 6.04 Å². The first kappa shape index (κ1) is 20.8. The average Bonchev–Trinajstić information content (AvgIpc) is 3.21. The van der Waals surface area contributed by atoms with Crippen LogP contribution in [0.25, 0.3) is 10.9 Å². The number of carbonyl (C=O) groups excluding carboxylic acids is 3. The first-order valence-corrected chi connectivity index (χ1v) is 11.0. The quantitative estimate of drug-likeness (QED) is 0.541. The molecule has 10 heteroatoms. The van der Waals surface area contributed by atoms with Gasteiger partial charge in [0, 0.05) is 36.5 Å². The second-order valence-electron chi connectivity index (χ2n) is 7.09. The van der Waals surface area contributed by atoms with Crippen LogP contribution < -0.4 is 10.6 Å². The first-order chi connectivity index (χ1) is 13.7. The Hall–Kier alpha value is -2.88. The summed E-state index contributed by atoms with van der Waals surface area (Å²) in [6.07, 6.45) is 2.31. The number of aromatic amines is 1. The van der Waals surface area contributed by atoms with Gasteiger partial charge in [-0.15, -0.1) is 0 Å². The maximum absolute atomic E-state index is 12.5. The summed E-state index contributed by atoms with van der Waals surface area (Å²) in [4.78, 5) is 39.1. The molecule has 1 fully saturated rings. The molecule has 1 aromatic heterocycles. The predicted molar refractivity (Wildman–Crippen MR) is 106 cm³/mol. The summed E-state index contributed by atoms with van der Waals surface area (Å²) >= 11 is 0. The summed E-state index contributed by atoms with van der Waals surface area (Å²) < 4.78 is 28.0. The summed E-state index contributed by atoms with van der Waals surface area (Å²) in [5.74, 6) is -1.78. The van der Waals surface area contributed by atoms with Crippen molar-refractivity contribution in [1.29, 1.82) is 0 Å². The zero-order valence-electron chi connectivity index (χ0n) is 15.9. The molecule has 2 atom stereocenters. The van der Waals surface area contributed by atoms with Gasteiger partial charge in [0.25, 0.3) is 5.91 Å². The number of benzene rings is 1. The third-order valence-electron chi connectivity index (χ3n) is 4.70. The van der Waals surface area contributed by atoms with Crippen LogP contribution >= 0.6 is 0 Å². The molecule has 1 saturated heterocycles. The molecule has 0 unspecified atom stereocenters. The van der Waals surface area contributed by atoms with Crippen molar-refractivity contribution >= 4 is 38.5 Å². The summed E-state index contributed by atoms with van der Waals surface area (Å²) in [7, 11) is -3.12. The van der Waals surface area contributed by atoms with Crippen LogP contribution in [0.5, 0.6) is 0 Å².